The summed E-state index contributed by atoms with van der Waals surface area (Å²) in [4.78, 5) is 16.7. The lowest BCUT2D eigenvalue weighted by molar-refractivity contribution is -0.118. The fraction of sp³-hybridized carbons (Fsp3) is 0.125. The van der Waals surface area contributed by atoms with Crippen LogP contribution in [0.5, 0.6) is 11.5 Å². The van der Waals surface area contributed by atoms with Gasteiger partial charge in [0, 0.05) is 15.6 Å². The molecule has 4 rings (SSSR count). The molecule has 0 aliphatic heterocycles. The van der Waals surface area contributed by atoms with Gasteiger partial charge in [0.15, 0.2) is 15.8 Å². The molecule has 0 saturated carbocycles. The molecule has 0 unspecified atom stereocenters. The number of thioether (sulfide) groups is 1. The molecule has 1 aromatic heterocycles. The van der Waals surface area contributed by atoms with Crippen molar-refractivity contribution < 1.29 is 14.3 Å². The zero-order chi connectivity index (χ0) is 23.9. The number of halogens is 2. The van der Waals surface area contributed by atoms with E-state index in [1.165, 1.54) is 11.8 Å². The van der Waals surface area contributed by atoms with Crippen molar-refractivity contribution in [1.82, 2.24) is 10.4 Å². The largest absolute Gasteiger partial charge is 0.493 e. The Bertz CT molecular complexity index is 1310. The number of benzene rings is 3. The van der Waals surface area contributed by atoms with Crippen molar-refractivity contribution in [2.75, 3.05) is 12.9 Å². The van der Waals surface area contributed by atoms with Crippen LogP contribution in [0.25, 0.3) is 10.2 Å². The van der Waals surface area contributed by atoms with E-state index >= 15 is 0 Å². The summed E-state index contributed by atoms with van der Waals surface area (Å²) < 4.78 is 13.2. The van der Waals surface area contributed by atoms with Crippen LogP contribution in [-0.2, 0) is 11.4 Å². The number of carbonyl (C=O) groups excluding carboxylic acids is 1. The molecule has 174 valence electrons. The molecule has 4 aromatic rings. The summed E-state index contributed by atoms with van der Waals surface area (Å²) in [6.07, 6.45) is 1.54. The zero-order valence-corrected chi connectivity index (χ0v) is 21.1. The number of amides is 1. The predicted octanol–water partition coefficient (Wildman–Crippen LogP) is 6.43. The van der Waals surface area contributed by atoms with Crippen molar-refractivity contribution in [2.45, 2.75) is 10.9 Å². The van der Waals surface area contributed by atoms with E-state index in [0.29, 0.717) is 21.5 Å². The van der Waals surface area contributed by atoms with E-state index in [-0.39, 0.29) is 18.3 Å². The minimum Gasteiger partial charge on any atom is -0.493 e. The van der Waals surface area contributed by atoms with Crippen LogP contribution in [0.3, 0.4) is 0 Å². The minimum atomic E-state index is -0.220. The topological polar surface area (TPSA) is 72.8 Å². The number of thiazole rings is 1. The van der Waals surface area contributed by atoms with E-state index in [0.717, 1.165) is 25.7 Å². The summed E-state index contributed by atoms with van der Waals surface area (Å²) in [7, 11) is 1.56. The Hall–Kier alpha value is -2.78. The molecule has 0 fully saturated rings. The van der Waals surface area contributed by atoms with Crippen LogP contribution in [-0.4, -0.2) is 30.0 Å². The van der Waals surface area contributed by atoms with Gasteiger partial charge in [0.25, 0.3) is 5.91 Å². The van der Waals surface area contributed by atoms with E-state index in [4.69, 9.17) is 32.7 Å². The number of hydrazone groups is 1. The van der Waals surface area contributed by atoms with Gasteiger partial charge in [0.05, 0.1) is 29.3 Å². The Morgan fingerprint density at radius 2 is 2.00 bits per heavy atom. The average molecular weight is 532 g/mol. The monoisotopic (exact) mass is 531 g/mol. The van der Waals surface area contributed by atoms with Crippen molar-refractivity contribution >= 4 is 68.6 Å². The van der Waals surface area contributed by atoms with Crippen LogP contribution in [0.15, 0.2) is 70.1 Å². The van der Waals surface area contributed by atoms with Gasteiger partial charge in [-0.1, -0.05) is 53.2 Å². The number of methoxy groups -OCH3 is 1. The van der Waals surface area contributed by atoms with E-state index in [1.807, 2.05) is 36.4 Å². The van der Waals surface area contributed by atoms with E-state index in [2.05, 4.69) is 15.5 Å². The minimum absolute atomic E-state index is 0.218. The van der Waals surface area contributed by atoms with Gasteiger partial charge in [-0.15, -0.1) is 11.3 Å². The van der Waals surface area contributed by atoms with E-state index in [1.54, 1.807) is 48.9 Å². The third kappa shape index (κ3) is 6.42. The maximum absolute atomic E-state index is 12.2. The molecule has 1 N–H and O–H groups in total. The molecule has 0 atom stereocenters. The number of nitrogens with one attached hydrogen (secondary N) is 1. The molecular formula is C24H19Cl2N3O3S2. The standard InChI is InChI=1S/C24H19Cl2N3O3S2/c1-31-20-9-6-15(10-21(20)32-13-16-7-8-17(25)11-18(16)26)12-27-29-23(30)14-33-24-28-19-4-2-3-5-22(19)34-24/h2-12H,13-14H2,1H3,(H,29,30)/b27-12+. The first-order chi connectivity index (χ1) is 16.5. The van der Waals surface area contributed by atoms with E-state index < -0.39 is 0 Å². The summed E-state index contributed by atoms with van der Waals surface area (Å²) >= 11 is 15.1. The lowest BCUT2D eigenvalue weighted by atomic mass is 10.2. The number of para-hydroxylation sites is 1. The summed E-state index contributed by atoms with van der Waals surface area (Å²) in [5, 5.41) is 5.13. The molecule has 34 heavy (non-hydrogen) atoms. The maximum atomic E-state index is 12.2. The molecule has 6 nitrogen and oxygen atoms in total. The summed E-state index contributed by atoms with van der Waals surface area (Å²) in [5.41, 5.74) is 5.00. The molecular weight excluding hydrogens is 513 g/mol. The van der Waals surface area contributed by atoms with Crippen LogP contribution in [0, 0.1) is 0 Å². The molecule has 0 aliphatic rings. The lowest BCUT2D eigenvalue weighted by Gasteiger charge is -2.12. The number of aromatic nitrogens is 1. The zero-order valence-electron chi connectivity index (χ0n) is 18.0. The van der Waals surface area contributed by atoms with Gasteiger partial charge in [-0.2, -0.15) is 5.10 Å². The molecule has 0 spiro atoms. The van der Waals surface area contributed by atoms with Gasteiger partial charge in [-0.25, -0.2) is 10.4 Å². The van der Waals surface area contributed by atoms with Crippen molar-refractivity contribution in [3.63, 3.8) is 0 Å². The molecule has 1 amide bonds. The van der Waals surface area contributed by atoms with Crippen molar-refractivity contribution in [3.05, 3.63) is 81.8 Å². The van der Waals surface area contributed by atoms with Gasteiger partial charge < -0.3 is 9.47 Å². The molecule has 0 aliphatic carbocycles. The first-order valence-electron chi connectivity index (χ1n) is 10.1. The van der Waals surface area contributed by atoms with Gasteiger partial charge in [-0.05, 0) is 48.0 Å². The molecule has 1 heterocycles. The molecule has 0 saturated heterocycles. The number of rotatable bonds is 9. The van der Waals surface area contributed by atoms with Crippen molar-refractivity contribution in [2.24, 2.45) is 5.10 Å². The fourth-order valence-electron chi connectivity index (χ4n) is 2.93. The fourth-order valence-corrected chi connectivity index (χ4v) is 5.26. The van der Waals surface area contributed by atoms with Crippen LogP contribution in [0.4, 0.5) is 0 Å². The second-order valence-electron chi connectivity index (χ2n) is 6.96. The van der Waals surface area contributed by atoms with Crippen LogP contribution in [0.2, 0.25) is 10.0 Å². The Morgan fingerprint density at radius 1 is 1.15 bits per heavy atom. The Morgan fingerprint density at radius 3 is 2.79 bits per heavy atom. The molecule has 3 aromatic carbocycles. The summed E-state index contributed by atoms with van der Waals surface area (Å²) in [6.45, 7) is 0.243. The van der Waals surface area contributed by atoms with E-state index in [9.17, 15) is 4.79 Å². The third-order valence-electron chi connectivity index (χ3n) is 4.59. The Kier molecular flexibility index (Phi) is 8.29. The van der Waals surface area contributed by atoms with Crippen LogP contribution in [0.1, 0.15) is 11.1 Å². The first-order valence-corrected chi connectivity index (χ1v) is 12.6. The van der Waals surface area contributed by atoms with Crippen molar-refractivity contribution in [1.29, 1.82) is 0 Å². The maximum Gasteiger partial charge on any atom is 0.250 e. The SMILES string of the molecule is COc1ccc(/C=N/NC(=O)CSc2nc3ccccc3s2)cc1OCc1ccc(Cl)cc1Cl. The number of nitrogens with zero attached hydrogens (tertiary/aromatic N) is 2. The number of fused-ring (bicyclic) bond motifs is 1. The second-order valence-corrected chi connectivity index (χ2v) is 10.1. The highest BCUT2D eigenvalue weighted by Gasteiger charge is 2.09. The number of hydrogen-bond donors (Lipinski definition) is 1. The summed E-state index contributed by atoms with van der Waals surface area (Å²) in [6, 6.07) is 18.5. The average Bonchev–Trinajstić information content (AvgIpc) is 3.25. The van der Waals surface area contributed by atoms with Crippen molar-refractivity contribution in [3.8, 4) is 11.5 Å². The highest BCUT2D eigenvalue weighted by molar-refractivity contribution is 8.01. The number of ether oxygens (including phenoxy) is 2. The molecule has 0 radical (unpaired) electrons. The first kappa shape index (κ1) is 24.3. The van der Waals surface area contributed by atoms with Crippen LogP contribution < -0.4 is 14.9 Å². The smallest absolute Gasteiger partial charge is 0.250 e. The van der Waals surface area contributed by atoms with Gasteiger partial charge >= 0.3 is 0 Å². The summed E-state index contributed by atoms with van der Waals surface area (Å²) in [5.74, 6) is 1.09. The predicted molar refractivity (Wildman–Crippen MR) is 140 cm³/mol. The molecule has 0 bridgehead atoms. The quantitative estimate of drug-likeness (QED) is 0.153. The molecule has 10 heteroatoms. The Balaban J connectivity index is 1.33. The number of hydrogen-bond acceptors (Lipinski definition) is 7. The number of carbonyl (C=O) groups is 1. The lowest BCUT2D eigenvalue weighted by Crippen LogP contribution is -2.19. The van der Waals surface area contributed by atoms with Gasteiger partial charge in [-0.3, -0.25) is 4.79 Å². The highest BCUT2D eigenvalue weighted by atomic mass is 35.5. The third-order valence-corrected chi connectivity index (χ3v) is 7.36. The Labute approximate surface area is 214 Å². The van der Waals surface area contributed by atoms with Gasteiger partial charge in [0.2, 0.25) is 0 Å². The second kappa shape index (κ2) is 11.6. The highest BCUT2D eigenvalue weighted by Crippen LogP contribution is 2.30. The van der Waals surface area contributed by atoms with Crippen LogP contribution >= 0.6 is 46.3 Å². The van der Waals surface area contributed by atoms with Gasteiger partial charge in [0.1, 0.15) is 6.61 Å². The normalized spacial score (nSPS) is 11.1.